The van der Waals surface area contributed by atoms with Crippen molar-refractivity contribution in [1.82, 2.24) is 0 Å². The Bertz CT molecular complexity index is 1180. The molecule has 36 heavy (non-hydrogen) atoms. The molecule has 0 saturated heterocycles. The number of aliphatic carboxylic acids is 2. The molecule has 0 bridgehead atoms. The Kier molecular flexibility index (Phi) is 7.77. The van der Waals surface area contributed by atoms with E-state index in [9.17, 15) is 4.79 Å². The molecule has 1 aliphatic carbocycles. The van der Waals surface area contributed by atoms with Gasteiger partial charge in [-0.05, 0) is 41.7 Å². The largest absolute Gasteiger partial charge is 0.493 e. The number of benzene rings is 2. The quantitative estimate of drug-likeness (QED) is 0.455. The third-order valence-electron chi connectivity index (χ3n) is 5.92. The summed E-state index contributed by atoms with van der Waals surface area (Å²) >= 11 is 0. The van der Waals surface area contributed by atoms with Crippen molar-refractivity contribution >= 4 is 29.1 Å². The third-order valence-corrected chi connectivity index (χ3v) is 5.92. The summed E-state index contributed by atoms with van der Waals surface area (Å²) < 4.78 is 16.6. The number of Topliss-reactive ketones (excluding diaryl/α,β-unsaturated/α-hetero) is 1. The molecule has 0 fully saturated rings. The zero-order chi connectivity index (χ0) is 26.6. The van der Waals surface area contributed by atoms with Gasteiger partial charge in [0.1, 0.15) is 0 Å². The summed E-state index contributed by atoms with van der Waals surface area (Å²) in [5.74, 6) is -1.85. The molecule has 4 N–H and O–H groups in total. The smallest absolute Gasteiger partial charge is 0.414 e. The molecule has 2 aliphatic rings. The number of rotatable bonds is 4. The second-order valence-electron chi connectivity index (χ2n) is 9.15. The summed E-state index contributed by atoms with van der Waals surface area (Å²) in [6, 6.07) is 11.5. The number of ketones is 1. The van der Waals surface area contributed by atoms with Crippen molar-refractivity contribution < 1.29 is 38.8 Å². The van der Waals surface area contributed by atoms with Crippen molar-refractivity contribution in [3.63, 3.8) is 0 Å². The van der Waals surface area contributed by atoms with Gasteiger partial charge in [0.2, 0.25) is 5.75 Å². The predicted molar refractivity (Wildman–Crippen MR) is 133 cm³/mol. The number of carbonyl (C=O) groups is 3. The number of fused-ring (bicyclic) bond motifs is 1. The molecule has 1 aliphatic heterocycles. The van der Waals surface area contributed by atoms with Crippen molar-refractivity contribution in [1.29, 1.82) is 0 Å². The monoisotopic (exact) mass is 498 g/mol. The first-order valence-corrected chi connectivity index (χ1v) is 11.2. The standard InChI is InChI=1S/C24H28N2O4.C2H2O4/c1-24(2)12-17-21(18(27)13-24)22(26-16-9-7-6-8-15(16)25-17)14-10-19(28-3)23(30-5)20(11-14)29-4;3-1(4)2(5)6/h6-11,22,25-26H,12-13H2,1-5H3;(H,3,4)(H,5,6). The molecule has 2 aromatic carbocycles. The van der Waals surface area contributed by atoms with Gasteiger partial charge >= 0.3 is 11.9 Å². The summed E-state index contributed by atoms with van der Waals surface area (Å²) in [5.41, 5.74) is 4.42. The lowest BCUT2D eigenvalue weighted by Crippen LogP contribution is -2.31. The second-order valence-corrected chi connectivity index (χ2v) is 9.15. The van der Waals surface area contributed by atoms with Gasteiger partial charge in [0.25, 0.3) is 0 Å². The van der Waals surface area contributed by atoms with E-state index >= 15 is 0 Å². The summed E-state index contributed by atoms with van der Waals surface area (Å²) in [5, 5.41) is 21.9. The summed E-state index contributed by atoms with van der Waals surface area (Å²) in [4.78, 5) is 31.5. The number of carboxylic acid groups (broad SMARTS) is 2. The van der Waals surface area contributed by atoms with Gasteiger partial charge in [-0.3, -0.25) is 4.79 Å². The van der Waals surface area contributed by atoms with Crippen LogP contribution in [0.15, 0.2) is 47.7 Å². The zero-order valence-corrected chi connectivity index (χ0v) is 20.8. The normalized spacial score (nSPS) is 17.6. The van der Waals surface area contributed by atoms with E-state index in [0.717, 1.165) is 34.6 Å². The van der Waals surface area contributed by atoms with E-state index in [4.69, 9.17) is 34.0 Å². The maximum Gasteiger partial charge on any atom is 0.414 e. The van der Waals surface area contributed by atoms with Crippen LogP contribution in [0.5, 0.6) is 17.2 Å². The number of ether oxygens (including phenoxy) is 3. The van der Waals surface area contributed by atoms with Gasteiger partial charge in [0, 0.05) is 17.7 Å². The summed E-state index contributed by atoms with van der Waals surface area (Å²) in [7, 11) is 4.77. The lowest BCUT2D eigenvalue weighted by Gasteiger charge is -2.34. The molecular formula is C26H30N2O8. The van der Waals surface area contributed by atoms with Crippen molar-refractivity contribution in [3.05, 3.63) is 53.2 Å². The Hall–Kier alpha value is -4.21. The van der Waals surface area contributed by atoms with Crippen LogP contribution in [0.2, 0.25) is 0 Å². The molecule has 1 heterocycles. The number of hydrogen-bond donors (Lipinski definition) is 4. The first kappa shape index (κ1) is 26.4. The fourth-order valence-corrected chi connectivity index (χ4v) is 4.41. The van der Waals surface area contributed by atoms with Crippen LogP contribution < -0.4 is 24.8 Å². The van der Waals surface area contributed by atoms with Crippen molar-refractivity contribution in [3.8, 4) is 17.2 Å². The number of hydrogen-bond acceptors (Lipinski definition) is 8. The third kappa shape index (κ3) is 5.54. The van der Waals surface area contributed by atoms with E-state index in [1.54, 1.807) is 21.3 Å². The van der Waals surface area contributed by atoms with Gasteiger partial charge in [0.15, 0.2) is 17.3 Å². The van der Waals surface area contributed by atoms with Crippen molar-refractivity contribution in [2.24, 2.45) is 5.41 Å². The van der Waals surface area contributed by atoms with E-state index in [2.05, 4.69) is 24.5 Å². The molecule has 0 spiro atoms. The Morgan fingerprint density at radius 1 is 0.917 bits per heavy atom. The highest BCUT2D eigenvalue weighted by molar-refractivity contribution is 6.27. The summed E-state index contributed by atoms with van der Waals surface area (Å²) in [6.45, 7) is 4.27. The van der Waals surface area contributed by atoms with Gasteiger partial charge in [0.05, 0.1) is 38.7 Å². The average molecular weight is 499 g/mol. The molecule has 10 nitrogen and oxygen atoms in total. The minimum absolute atomic E-state index is 0.0952. The minimum atomic E-state index is -1.82. The van der Waals surface area contributed by atoms with E-state index in [0.29, 0.717) is 23.7 Å². The highest BCUT2D eigenvalue weighted by Crippen LogP contribution is 2.48. The van der Waals surface area contributed by atoms with Crippen LogP contribution in [0.25, 0.3) is 0 Å². The topological polar surface area (TPSA) is 143 Å². The lowest BCUT2D eigenvalue weighted by atomic mass is 9.73. The van der Waals surface area contributed by atoms with Crippen LogP contribution in [-0.2, 0) is 14.4 Å². The Labute approximate surface area is 208 Å². The molecule has 10 heteroatoms. The van der Waals surface area contributed by atoms with Gasteiger partial charge < -0.3 is 35.1 Å². The SMILES string of the molecule is COc1cc(C2Nc3ccccc3NC3=C2C(=O)CC(C)(C)C3)cc(OC)c1OC.O=C(O)C(=O)O. The molecule has 0 saturated carbocycles. The molecule has 0 radical (unpaired) electrons. The zero-order valence-electron chi connectivity index (χ0n) is 20.8. The minimum Gasteiger partial charge on any atom is -0.493 e. The second kappa shape index (κ2) is 10.6. The van der Waals surface area contributed by atoms with Crippen LogP contribution in [0.1, 0.15) is 38.3 Å². The van der Waals surface area contributed by atoms with Crippen molar-refractivity contribution in [2.45, 2.75) is 32.7 Å². The number of anilines is 2. The van der Waals surface area contributed by atoms with Gasteiger partial charge in [-0.25, -0.2) is 9.59 Å². The van der Waals surface area contributed by atoms with Crippen molar-refractivity contribution in [2.75, 3.05) is 32.0 Å². The van der Waals surface area contributed by atoms with Gasteiger partial charge in [-0.2, -0.15) is 0 Å². The lowest BCUT2D eigenvalue weighted by molar-refractivity contribution is -0.159. The van der Waals surface area contributed by atoms with E-state index in [1.165, 1.54) is 0 Å². The Morgan fingerprint density at radius 3 is 1.97 bits per heavy atom. The van der Waals surface area contributed by atoms with E-state index in [1.807, 2.05) is 36.4 Å². The summed E-state index contributed by atoms with van der Waals surface area (Å²) in [6.07, 6.45) is 1.30. The number of carboxylic acids is 2. The molecular weight excluding hydrogens is 468 g/mol. The Balaban J connectivity index is 0.000000538. The predicted octanol–water partition coefficient (Wildman–Crippen LogP) is 4.09. The number of methoxy groups -OCH3 is 3. The maximum atomic E-state index is 13.3. The van der Waals surface area contributed by atoms with Crippen LogP contribution in [-0.4, -0.2) is 49.3 Å². The highest BCUT2D eigenvalue weighted by atomic mass is 16.5. The average Bonchev–Trinajstić information content (AvgIpc) is 2.99. The molecule has 4 rings (SSSR count). The number of nitrogens with one attached hydrogen (secondary N) is 2. The molecule has 1 unspecified atom stereocenters. The van der Waals surface area contributed by atoms with E-state index in [-0.39, 0.29) is 17.2 Å². The van der Waals surface area contributed by atoms with Crippen LogP contribution in [0.3, 0.4) is 0 Å². The molecule has 1 atom stereocenters. The molecule has 0 aromatic heterocycles. The maximum absolute atomic E-state index is 13.3. The van der Waals surface area contributed by atoms with E-state index < -0.39 is 11.9 Å². The van der Waals surface area contributed by atoms with Crippen LogP contribution in [0, 0.1) is 5.41 Å². The molecule has 192 valence electrons. The molecule has 2 aromatic rings. The fraction of sp³-hybridized carbons (Fsp3) is 0.346. The van der Waals surface area contributed by atoms with Gasteiger partial charge in [-0.1, -0.05) is 26.0 Å². The number of para-hydroxylation sites is 2. The molecule has 0 amide bonds. The number of allylic oxidation sites excluding steroid dienone is 1. The fourth-order valence-electron chi connectivity index (χ4n) is 4.41. The van der Waals surface area contributed by atoms with Crippen LogP contribution >= 0.6 is 0 Å². The number of carbonyl (C=O) groups excluding carboxylic acids is 1. The van der Waals surface area contributed by atoms with Crippen LogP contribution in [0.4, 0.5) is 11.4 Å². The first-order chi connectivity index (χ1) is 17.0. The highest BCUT2D eigenvalue weighted by Gasteiger charge is 2.39. The Morgan fingerprint density at radius 2 is 1.47 bits per heavy atom. The first-order valence-electron chi connectivity index (χ1n) is 11.2. The van der Waals surface area contributed by atoms with Gasteiger partial charge in [-0.15, -0.1) is 0 Å².